The molecule has 0 fully saturated rings. The Kier molecular flexibility index (Phi) is 5.55. The lowest BCUT2D eigenvalue weighted by molar-refractivity contribution is 0.184. The topological polar surface area (TPSA) is 18.5 Å². The van der Waals surface area contributed by atoms with Crippen LogP contribution in [-0.4, -0.2) is 19.4 Å². The molecule has 1 aromatic rings. The van der Waals surface area contributed by atoms with Gasteiger partial charge in [-0.3, -0.25) is 0 Å². The van der Waals surface area contributed by atoms with E-state index in [0.717, 1.165) is 0 Å². The molecule has 0 heterocycles. The van der Waals surface area contributed by atoms with Crippen molar-refractivity contribution >= 4 is 0 Å². The molecule has 1 unspecified atom stereocenters. The normalized spacial score (nSPS) is 12.0. The number of hydrogen-bond donors (Lipinski definition) is 0. The Morgan fingerprint density at radius 2 is 1.78 bits per heavy atom. The lowest BCUT2D eigenvalue weighted by Gasteiger charge is -2.11. The zero-order valence-corrected chi connectivity index (χ0v) is 10.1. The maximum Gasteiger partial charge on any atom is 0.204 e. The molecule has 0 radical (unpaired) electrons. The van der Waals surface area contributed by atoms with Crippen LogP contribution in [0.15, 0.2) is 24.8 Å². The molecular weight excluding hydrogens is 245 g/mol. The standard InChI is InChI=1S/C13H15F3O2/c1-3-7-17-10-5-6-11(13(16)12(10)15)18-8-9(14)4-2/h3,5-6,9H,1,4,7-8H2,2H3. The molecule has 2 nitrogen and oxygen atoms in total. The second kappa shape index (κ2) is 6.93. The van der Waals surface area contributed by atoms with E-state index < -0.39 is 17.8 Å². The van der Waals surface area contributed by atoms with Gasteiger partial charge in [0.05, 0.1) is 0 Å². The van der Waals surface area contributed by atoms with E-state index in [2.05, 4.69) is 6.58 Å². The predicted molar refractivity (Wildman–Crippen MR) is 62.7 cm³/mol. The molecule has 0 aliphatic heterocycles. The third-order valence-corrected chi connectivity index (χ3v) is 2.23. The van der Waals surface area contributed by atoms with Crippen LogP contribution < -0.4 is 9.47 Å². The van der Waals surface area contributed by atoms with E-state index in [-0.39, 0.29) is 31.1 Å². The van der Waals surface area contributed by atoms with Gasteiger partial charge in [-0.2, -0.15) is 8.78 Å². The van der Waals surface area contributed by atoms with Gasteiger partial charge in [-0.1, -0.05) is 19.6 Å². The number of halogens is 3. The molecule has 0 aliphatic carbocycles. The fourth-order valence-corrected chi connectivity index (χ4v) is 1.18. The first-order valence-electron chi connectivity index (χ1n) is 5.58. The Hall–Kier alpha value is -1.65. The van der Waals surface area contributed by atoms with Crippen molar-refractivity contribution in [1.29, 1.82) is 0 Å². The van der Waals surface area contributed by atoms with E-state index >= 15 is 0 Å². The van der Waals surface area contributed by atoms with Gasteiger partial charge >= 0.3 is 0 Å². The van der Waals surface area contributed by atoms with E-state index in [1.165, 1.54) is 18.2 Å². The molecule has 0 saturated heterocycles. The lowest BCUT2D eigenvalue weighted by Crippen LogP contribution is -2.12. The molecule has 0 saturated carbocycles. The minimum Gasteiger partial charge on any atom is -0.487 e. The minimum atomic E-state index is -1.20. The molecule has 1 atom stereocenters. The van der Waals surface area contributed by atoms with E-state index in [1.54, 1.807) is 6.92 Å². The maximum absolute atomic E-state index is 13.5. The zero-order chi connectivity index (χ0) is 13.5. The zero-order valence-electron chi connectivity index (χ0n) is 10.1. The van der Waals surface area contributed by atoms with Crippen molar-refractivity contribution < 1.29 is 22.6 Å². The highest BCUT2D eigenvalue weighted by Crippen LogP contribution is 2.27. The van der Waals surface area contributed by atoms with Crippen LogP contribution in [-0.2, 0) is 0 Å². The quantitative estimate of drug-likeness (QED) is 0.696. The average Bonchev–Trinajstić information content (AvgIpc) is 2.39. The van der Waals surface area contributed by atoms with Gasteiger partial charge in [0.2, 0.25) is 11.6 Å². The summed E-state index contributed by atoms with van der Waals surface area (Å²) >= 11 is 0. The summed E-state index contributed by atoms with van der Waals surface area (Å²) < 4.78 is 49.7. The summed E-state index contributed by atoms with van der Waals surface area (Å²) in [5.74, 6) is -2.89. The molecule has 18 heavy (non-hydrogen) atoms. The molecule has 0 aromatic heterocycles. The van der Waals surface area contributed by atoms with E-state index in [9.17, 15) is 13.2 Å². The number of alkyl halides is 1. The summed E-state index contributed by atoms with van der Waals surface area (Å²) in [6.45, 7) is 4.79. The monoisotopic (exact) mass is 260 g/mol. The molecule has 0 amide bonds. The van der Waals surface area contributed by atoms with Gasteiger partial charge in [-0.05, 0) is 18.6 Å². The maximum atomic E-state index is 13.5. The van der Waals surface area contributed by atoms with Crippen LogP contribution in [0.1, 0.15) is 13.3 Å². The molecule has 1 aromatic carbocycles. The van der Waals surface area contributed by atoms with Gasteiger partial charge in [0.25, 0.3) is 0 Å². The van der Waals surface area contributed by atoms with Gasteiger partial charge in [0, 0.05) is 0 Å². The summed E-state index contributed by atoms with van der Waals surface area (Å²) in [5.41, 5.74) is 0. The molecule has 0 bridgehead atoms. The Morgan fingerprint density at radius 1 is 1.22 bits per heavy atom. The summed E-state index contributed by atoms with van der Waals surface area (Å²) in [7, 11) is 0. The lowest BCUT2D eigenvalue weighted by atomic mass is 10.3. The van der Waals surface area contributed by atoms with Crippen LogP contribution in [0.5, 0.6) is 11.5 Å². The smallest absolute Gasteiger partial charge is 0.204 e. The van der Waals surface area contributed by atoms with Gasteiger partial charge < -0.3 is 9.47 Å². The second-order valence-electron chi connectivity index (χ2n) is 3.61. The minimum absolute atomic E-state index is 0.0684. The molecule has 0 N–H and O–H groups in total. The number of hydrogen-bond acceptors (Lipinski definition) is 2. The van der Waals surface area contributed by atoms with Crippen molar-refractivity contribution in [1.82, 2.24) is 0 Å². The van der Waals surface area contributed by atoms with Crippen LogP contribution in [0, 0.1) is 11.6 Å². The number of rotatable bonds is 7. The van der Waals surface area contributed by atoms with Crippen molar-refractivity contribution in [3.8, 4) is 11.5 Å². The van der Waals surface area contributed by atoms with E-state index in [1.807, 2.05) is 0 Å². The SMILES string of the molecule is C=CCOc1ccc(OCC(F)CC)c(F)c1F. The van der Waals surface area contributed by atoms with E-state index in [4.69, 9.17) is 9.47 Å². The highest BCUT2D eigenvalue weighted by atomic mass is 19.2. The van der Waals surface area contributed by atoms with Crippen molar-refractivity contribution in [2.45, 2.75) is 19.5 Å². The summed E-state index contributed by atoms with van der Waals surface area (Å²) in [6.07, 6.45) is 0.464. The molecular formula is C13H15F3O2. The Balaban J connectivity index is 2.77. The van der Waals surface area contributed by atoms with E-state index in [0.29, 0.717) is 0 Å². The first-order valence-corrected chi connectivity index (χ1v) is 5.58. The third kappa shape index (κ3) is 3.68. The Bertz CT molecular complexity index is 407. The number of benzene rings is 1. The Labute approximate surface area is 104 Å². The highest BCUT2D eigenvalue weighted by molar-refractivity contribution is 5.35. The molecule has 0 spiro atoms. The first-order chi connectivity index (χ1) is 8.60. The van der Waals surface area contributed by atoms with Crippen LogP contribution in [0.4, 0.5) is 13.2 Å². The van der Waals surface area contributed by atoms with Gasteiger partial charge in [-0.25, -0.2) is 4.39 Å². The highest BCUT2D eigenvalue weighted by Gasteiger charge is 2.16. The van der Waals surface area contributed by atoms with Crippen molar-refractivity contribution in [2.24, 2.45) is 0 Å². The largest absolute Gasteiger partial charge is 0.487 e. The van der Waals surface area contributed by atoms with Gasteiger partial charge in [0.1, 0.15) is 19.4 Å². The number of ether oxygens (including phenoxy) is 2. The third-order valence-electron chi connectivity index (χ3n) is 2.23. The predicted octanol–water partition coefficient (Wildman–Crippen LogP) is 3.66. The fourth-order valence-electron chi connectivity index (χ4n) is 1.18. The van der Waals surface area contributed by atoms with Crippen LogP contribution in [0.2, 0.25) is 0 Å². The first kappa shape index (κ1) is 14.4. The average molecular weight is 260 g/mol. The van der Waals surface area contributed by atoms with Crippen LogP contribution in [0.25, 0.3) is 0 Å². The fraction of sp³-hybridized carbons (Fsp3) is 0.385. The van der Waals surface area contributed by atoms with Gasteiger partial charge in [0.15, 0.2) is 11.5 Å². The Morgan fingerprint density at radius 3 is 2.28 bits per heavy atom. The summed E-state index contributed by atoms with van der Waals surface area (Å²) in [6, 6.07) is 2.44. The summed E-state index contributed by atoms with van der Waals surface area (Å²) in [5, 5.41) is 0. The molecule has 100 valence electrons. The van der Waals surface area contributed by atoms with Crippen molar-refractivity contribution in [3.63, 3.8) is 0 Å². The summed E-state index contributed by atoms with van der Waals surface area (Å²) in [4.78, 5) is 0. The molecule has 1 rings (SSSR count). The van der Waals surface area contributed by atoms with Gasteiger partial charge in [-0.15, -0.1) is 0 Å². The van der Waals surface area contributed by atoms with Crippen molar-refractivity contribution in [2.75, 3.05) is 13.2 Å². The second-order valence-corrected chi connectivity index (χ2v) is 3.61. The van der Waals surface area contributed by atoms with Crippen LogP contribution in [0.3, 0.4) is 0 Å². The molecule has 5 heteroatoms. The van der Waals surface area contributed by atoms with Crippen LogP contribution >= 0.6 is 0 Å². The van der Waals surface area contributed by atoms with Crippen molar-refractivity contribution in [3.05, 3.63) is 36.4 Å². The molecule has 0 aliphatic rings.